The van der Waals surface area contributed by atoms with Gasteiger partial charge in [0, 0.05) is 25.7 Å². The molecule has 21 heavy (non-hydrogen) atoms. The molecule has 3 rings (SSSR count). The third kappa shape index (κ3) is 3.11. The second-order valence-electron chi connectivity index (χ2n) is 5.03. The van der Waals surface area contributed by atoms with E-state index in [-0.39, 0.29) is 24.2 Å². The summed E-state index contributed by atoms with van der Waals surface area (Å²) in [6.07, 6.45) is 1.65. The zero-order valence-electron chi connectivity index (χ0n) is 11.5. The molecule has 2 aromatic rings. The van der Waals surface area contributed by atoms with Crippen molar-refractivity contribution < 1.29 is 13.7 Å². The quantitative estimate of drug-likeness (QED) is 0.931. The molecule has 0 saturated carbocycles. The minimum Gasteiger partial charge on any atom is -0.364 e. The van der Waals surface area contributed by atoms with E-state index in [0.717, 1.165) is 12.1 Å². The molecule has 1 aromatic heterocycles. The first-order valence-corrected chi connectivity index (χ1v) is 6.89. The molecule has 1 N–H and O–H groups in total. The molecule has 1 aliphatic heterocycles. The van der Waals surface area contributed by atoms with Gasteiger partial charge in [0.25, 0.3) is 0 Å². The number of halogens is 1. The summed E-state index contributed by atoms with van der Waals surface area (Å²) in [4.78, 5) is 14.2. The van der Waals surface area contributed by atoms with Crippen molar-refractivity contribution in [1.82, 2.24) is 15.4 Å². The zero-order valence-corrected chi connectivity index (χ0v) is 11.5. The summed E-state index contributed by atoms with van der Waals surface area (Å²) in [7, 11) is 0. The van der Waals surface area contributed by atoms with Crippen LogP contribution in [0.5, 0.6) is 0 Å². The van der Waals surface area contributed by atoms with Crippen molar-refractivity contribution in [3.8, 4) is 0 Å². The van der Waals surface area contributed by atoms with Gasteiger partial charge in [-0.15, -0.1) is 0 Å². The minimum atomic E-state index is -0.290. The van der Waals surface area contributed by atoms with Crippen LogP contribution in [-0.4, -0.2) is 35.6 Å². The number of benzene rings is 1. The molecule has 0 bridgehead atoms. The molecule has 1 unspecified atom stereocenters. The lowest BCUT2D eigenvalue weighted by Crippen LogP contribution is -2.49. The molecule has 110 valence electrons. The van der Waals surface area contributed by atoms with Crippen LogP contribution in [0.2, 0.25) is 0 Å². The highest BCUT2D eigenvalue weighted by Crippen LogP contribution is 2.23. The molecule has 1 atom stereocenters. The molecule has 2 heterocycles. The summed E-state index contributed by atoms with van der Waals surface area (Å²) in [6, 6.07) is 7.91. The third-order valence-electron chi connectivity index (χ3n) is 3.62. The Morgan fingerprint density at radius 3 is 3.14 bits per heavy atom. The molecule has 1 aromatic carbocycles. The maximum Gasteiger partial charge on any atom is 0.229 e. The summed E-state index contributed by atoms with van der Waals surface area (Å²) in [5, 5.41) is 7.01. The van der Waals surface area contributed by atoms with Gasteiger partial charge >= 0.3 is 0 Å². The number of rotatable bonds is 3. The average molecular weight is 289 g/mol. The van der Waals surface area contributed by atoms with Gasteiger partial charge in [-0.3, -0.25) is 4.79 Å². The van der Waals surface area contributed by atoms with Gasteiger partial charge in [-0.2, -0.15) is 0 Å². The number of hydrogen-bond donors (Lipinski definition) is 1. The third-order valence-corrected chi connectivity index (χ3v) is 3.62. The molecule has 0 aliphatic carbocycles. The van der Waals surface area contributed by atoms with E-state index in [1.165, 1.54) is 18.4 Å². The van der Waals surface area contributed by atoms with Crippen LogP contribution in [0, 0.1) is 5.82 Å². The van der Waals surface area contributed by atoms with Crippen LogP contribution in [0.4, 0.5) is 4.39 Å². The van der Waals surface area contributed by atoms with Crippen LogP contribution in [0.1, 0.15) is 17.3 Å². The molecular formula is C15H16FN3O2. The lowest BCUT2D eigenvalue weighted by molar-refractivity contribution is -0.133. The van der Waals surface area contributed by atoms with Crippen molar-refractivity contribution in [1.29, 1.82) is 0 Å². The number of hydrogen-bond acceptors (Lipinski definition) is 4. The molecule has 6 heteroatoms. The van der Waals surface area contributed by atoms with Gasteiger partial charge in [-0.05, 0) is 17.7 Å². The standard InChI is InChI=1S/C15H16FN3O2/c16-12-3-1-2-11(8-12)14-10-17-5-6-19(14)15(20)9-13-4-7-21-18-13/h1-4,7-8,14,17H,5-6,9-10H2. The van der Waals surface area contributed by atoms with Gasteiger partial charge in [-0.1, -0.05) is 17.3 Å². The van der Waals surface area contributed by atoms with E-state index < -0.39 is 0 Å². The highest BCUT2D eigenvalue weighted by atomic mass is 19.1. The maximum atomic E-state index is 13.4. The molecule has 1 amide bonds. The Hall–Kier alpha value is -2.21. The van der Waals surface area contributed by atoms with E-state index in [9.17, 15) is 9.18 Å². The number of carbonyl (C=O) groups excluding carboxylic acids is 1. The highest BCUT2D eigenvalue weighted by molar-refractivity contribution is 5.79. The Morgan fingerprint density at radius 2 is 2.38 bits per heavy atom. The van der Waals surface area contributed by atoms with E-state index in [0.29, 0.717) is 18.8 Å². The van der Waals surface area contributed by atoms with Gasteiger partial charge in [0.15, 0.2) is 0 Å². The monoisotopic (exact) mass is 289 g/mol. The number of aromatic nitrogens is 1. The largest absolute Gasteiger partial charge is 0.364 e. The first-order chi connectivity index (χ1) is 10.2. The molecule has 5 nitrogen and oxygen atoms in total. The second-order valence-corrected chi connectivity index (χ2v) is 5.03. The minimum absolute atomic E-state index is 0.0281. The van der Waals surface area contributed by atoms with Crippen molar-refractivity contribution in [2.45, 2.75) is 12.5 Å². The molecule has 1 fully saturated rings. The SMILES string of the molecule is O=C(Cc1ccon1)N1CCNCC1c1cccc(F)c1. The molecular weight excluding hydrogens is 273 g/mol. The van der Waals surface area contributed by atoms with Crippen LogP contribution in [0.3, 0.4) is 0 Å². The van der Waals surface area contributed by atoms with E-state index in [1.807, 2.05) is 6.07 Å². The lowest BCUT2D eigenvalue weighted by Gasteiger charge is -2.36. The predicted octanol–water partition coefficient (Wildman–Crippen LogP) is 1.53. The van der Waals surface area contributed by atoms with Crippen LogP contribution in [0.15, 0.2) is 41.1 Å². The van der Waals surface area contributed by atoms with Crippen molar-refractivity contribution in [2.75, 3.05) is 19.6 Å². The number of piperazine rings is 1. The lowest BCUT2D eigenvalue weighted by atomic mass is 10.0. The summed E-state index contributed by atoms with van der Waals surface area (Å²) >= 11 is 0. The van der Waals surface area contributed by atoms with Crippen LogP contribution in [0.25, 0.3) is 0 Å². The smallest absolute Gasteiger partial charge is 0.229 e. The normalized spacial score (nSPS) is 18.7. The van der Waals surface area contributed by atoms with Gasteiger partial charge in [0.1, 0.15) is 12.1 Å². The predicted molar refractivity (Wildman–Crippen MR) is 73.9 cm³/mol. The Bertz CT molecular complexity index is 615. The number of nitrogens with zero attached hydrogens (tertiary/aromatic N) is 2. The van der Waals surface area contributed by atoms with Gasteiger partial charge < -0.3 is 14.7 Å². The Balaban J connectivity index is 1.79. The van der Waals surface area contributed by atoms with E-state index >= 15 is 0 Å². The molecule has 0 radical (unpaired) electrons. The van der Waals surface area contributed by atoms with Crippen molar-refractivity contribution in [2.24, 2.45) is 0 Å². The summed E-state index contributed by atoms with van der Waals surface area (Å²) < 4.78 is 18.2. The van der Waals surface area contributed by atoms with Gasteiger partial charge in [0.2, 0.25) is 5.91 Å². The topological polar surface area (TPSA) is 58.4 Å². The number of carbonyl (C=O) groups is 1. The molecule has 1 saturated heterocycles. The summed E-state index contributed by atoms with van der Waals surface area (Å²) in [5.41, 5.74) is 1.41. The number of amides is 1. The van der Waals surface area contributed by atoms with Crippen LogP contribution >= 0.6 is 0 Å². The van der Waals surface area contributed by atoms with E-state index in [2.05, 4.69) is 10.5 Å². The van der Waals surface area contributed by atoms with Crippen molar-refractivity contribution in [3.05, 3.63) is 53.7 Å². The fourth-order valence-corrected chi connectivity index (χ4v) is 2.60. The van der Waals surface area contributed by atoms with E-state index in [1.54, 1.807) is 17.0 Å². The zero-order chi connectivity index (χ0) is 14.7. The second kappa shape index (κ2) is 6.05. The summed E-state index contributed by atoms with van der Waals surface area (Å²) in [5.74, 6) is -0.318. The molecule has 0 spiro atoms. The van der Waals surface area contributed by atoms with Crippen molar-refractivity contribution in [3.63, 3.8) is 0 Å². The summed E-state index contributed by atoms with van der Waals surface area (Å²) in [6.45, 7) is 1.95. The van der Waals surface area contributed by atoms with Crippen LogP contribution in [-0.2, 0) is 11.2 Å². The Morgan fingerprint density at radius 1 is 1.48 bits per heavy atom. The van der Waals surface area contributed by atoms with Gasteiger partial charge in [-0.25, -0.2) is 4.39 Å². The fraction of sp³-hybridized carbons (Fsp3) is 0.333. The Labute approximate surface area is 121 Å². The first kappa shape index (κ1) is 13.8. The van der Waals surface area contributed by atoms with Crippen LogP contribution < -0.4 is 5.32 Å². The fourth-order valence-electron chi connectivity index (χ4n) is 2.60. The maximum absolute atomic E-state index is 13.4. The highest BCUT2D eigenvalue weighted by Gasteiger charge is 2.28. The van der Waals surface area contributed by atoms with Crippen molar-refractivity contribution >= 4 is 5.91 Å². The molecule has 1 aliphatic rings. The van der Waals surface area contributed by atoms with E-state index in [4.69, 9.17) is 4.52 Å². The average Bonchev–Trinajstić information content (AvgIpc) is 3.00. The number of nitrogens with one attached hydrogen (secondary N) is 1. The van der Waals surface area contributed by atoms with Gasteiger partial charge in [0.05, 0.1) is 18.2 Å². The Kier molecular flexibility index (Phi) is 3.96. The first-order valence-electron chi connectivity index (χ1n) is 6.89.